The maximum Gasteiger partial charge on any atom is 0.0815 e. The van der Waals surface area contributed by atoms with E-state index in [0.29, 0.717) is 45.0 Å². The number of benzene rings is 4. The molecule has 0 saturated heterocycles. The number of hydrogen-bond donors (Lipinski definition) is 4. The molecule has 8 heteroatoms. The average molecular weight is 1470 g/mol. The zero-order chi connectivity index (χ0) is 80.5. The minimum absolute atomic E-state index is 0.168. The minimum atomic E-state index is -0.168. The summed E-state index contributed by atoms with van der Waals surface area (Å²) < 4.78 is 0. The summed E-state index contributed by atoms with van der Waals surface area (Å²) >= 11 is 0. The van der Waals surface area contributed by atoms with Gasteiger partial charge in [-0.15, -0.1) is 12.8 Å². The van der Waals surface area contributed by atoms with Crippen LogP contribution < -0.4 is 0 Å². The molecule has 10 heterocycles. The van der Waals surface area contributed by atoms with E-state index in [0.717, 1.165) is 111 Å². The van der Waals surface area contributed by atoms with Gasteiger partial charge in [-0.05, 0) is 231 Å². The van der Waals surface area contributed by atoms with Crippen molar-refractivity contribution in [2.45, 2.75) is 209 Å². The lowest BCUT2D eigenvalue weighted by Gasteiger charge is -2.26. The first-order valence-corrected chi connectivity index (χ1v) is 39.3. The molecule has 0 saturated carbocycles. The third kappa shape index (κ3) is 15.2. The first kappa shape index (κ1) is 77.1. The van der Waals surface area contributed by atoms with E-state index in [2.05, 4.69) is 379 Å². The van der Waals surface area contributed by atoms with Gasteiger partial charge in [-0.2, -0.15) is 0 Å². The van der Waals surface area contributed by atoms with Gasteiger partial charge >= 0.3 is 0 Å². The predicted octanol–water partition coefficient (Wildman–Crippen LogP) is 26.0. The Hall–Kier alpha value is -11.7. The SMILES string of the molecule is C#Cc1c2nc(c(-c3cc(C(C)(C)C)cc(C(C)(C)C)c3)c3ccc([nH]3)c(C#CC#Cc3c4nc(c(-c5cc(C(C)(C)C)cc(C(C)(C)C)c5)c5ccc([nH]5)c(C#C)c5nc(c(-c6cc(C(C)(C)C)cc(C(C)(C)C)c6)c6ccc3[nH]6)C=C5)C=C4)c3nc(c(-c4cc(C(C)(C)C)cc(C(C)(C)C)c4)c4ccc1[nH]4)C=C3)C=C2. The number of nitrogens with one attached hydrogen (secondary N) is 4. The molecule has 4 aliphatic rings. The highest BCUT2D eigenvalue weighted by Crippen LogP contribution is 2.45. The topological polar surface area (TPSA) is 115 Å². The van der Waals surface area contributed by atoms with Gasteiger partial charge in [0.05, 0.1) is 89.9 Å². The molecule has 112 heavy (non-hydrogen) atoms. The van der Waals surface area contributed by atoms with Crippen molar-refractivity contribution in [3.05, 3.63) is 234 Å². The van der Waals surface area contributed by atoms with Crippen molar-refractivity contribution >= 4 is 92.7 Å². The Morgan fingerprint density at radius 1 is 0.223 bits per heavy atom. The number of rotatable bonds is 4. The monoisotopic (exact) mass is 1470 g/mol. The number of nitrogens with zero attached hydrogens (tertiary/aromatic N) is 4. The lowest BCUT2D eigenvalue weighted by atomic mass is 9.78. The van der Waals surface area contributed by atoms with E-state index in [4.69, 9.17) is 32.8 Å². The zero-order valence-electron chi connectivity index (χ0n) is 70.1. The quantitative estimate of drug-likeness (QED) is 0.131. The molecule has 10 aromatic rings. The van der Waals surface area contributed by atoms with Crippen LogP contribution in [0.1, 0.15) is 278 Å². The highest BCUT2D eigenvalue weighted by atomic mass is 14.8. The molecule has 16 bridgehead atoms. The van der Waals surface area contributed by atoms with Crippen LogP contribution in [0.25, 0.3) is 137 Å². The van der Waals surface area contributed by atoms with Crippen molar-refractivity contribution in [1.82, 2.24) is 39.9 Å². The van der Waals surface area contributed by atoms with Crippen LogP contribution in [0, 0.1) is 48.4 Å². The van der Waals surface area contributed by atoms with Crippen molar-refractivity contribution in [3.8, 4) is 92.9 Å². The van der Waals surface area contributed by atoms with Crippen LogP contribution in [-0.4, -0.2) is 39.9 Å². The number of fused-ring (bicyclic) bond motifs is 16. The molecule has 0 unspecified atom stereocenters. The highest BCUT2D eigenvalue weighted by molar-refractivity contribution is 5.99. The number of aromatic nitrogens is 8. The van der Waals surface area contributed by atoms with E-state index in [1.807, 2.05) is 12.2 Å². The largest absolute Gasteiger partial charge is 0.354 e. The fourth-order valence-corrected chi connectivity index (χ4v) is 14.9. The Labute approximate surface area is 664 Å². The summed E-state index contributed by atoms with van der Waals surface area (Å²) in [5.74, 6) is 20.4. The van der Waals surface area contributed by atoms with Crippen molar-refractivity contribution in [3.63, 3.8) is 0 Å². The average Bonchev–Trinajstić information content (AvgIpc) is 1.05. The summed E-state index contributed by atoms with van der Waals surface area (Å²) in [5.41, 5.74) is 31.2. The van der Waals surface area contributed by atoms with Gasteiger partial charge in [-0.3, -0.25) is 0 Å². The molecular weight excluding hydrogens is 1360 g/mol. The summed E-state index contributed by atoms with van der Waals surface area (Å²) in [6.07, 6.45) is 29.9. The molecule has 0 radical (unpaired) electrons. The molecule has 8 nitrogen and oxygen atoms in total. The van der Waals surface area contributed by atoms with Crippen LogP contribution in [-0.2, 0) is 43.3 Å². The molecule has 4 aliphatic heterocycles. The first-order chi connectivity index (χ1) is 52.4. The zero-order valence-corrected chi connectivity index (χ0v) is 70.1. The van der Waals surface area contributed by atoms with Crippen molar-refractivity contribution in [1.29, 1.82) is 0 Å². The standard InChI is InChI=1S/C104H106N8/c1-27-73-77-33-41-85(105-77)93(61-49-65(97(3,4)5)57-66(50-61)98(6,7)8)89-45-37-81(109-89)75(82-38-46-90(110-82)94(86-42-34-78(73)106-86)62-51-67(99(9,10)11)58-68(52-62)100(12,13)14)31-29-30-32-76-83-39-47-91(111-83)95(63-53-69(101(15,16)17)59-70(54-63)102(18,19)20)87-43-35-79(107-87)74(28-2)80-36-44-88(108-80)96(92-48-40-84(76)112-92)64-55-71(103(21,22)23)60-72(56-64)104(24,25)26/h1-2,33-60,105,107,110,112H,3-26H3. The fraction of sp³-hybridized carbons (Fsp3) is 0.308. The molecule has 0 spiro atoms. The van der Waals surface area contributed by atoms with Gasteiger partial charge in [-0.25, -0.2) is 19.9 Å². The third-order valence-electron chi connectivity index (χ3n) is 22.0. The summed E-state index contributed by atoms with van der Waals surface area (Å²) in [7, 11) is 0. The van der Waals surface area contributed by atoms with Crippen molar-refractivity contribution < 1.29 is 0 Å². The van der Waals surface area contributed by atoms with Crippen LogP contribution in [0.4, 0.5) is 0 Å². The van der Waals surface area contributed by atoms with Crippen molar-refractivity contribution in [2.75, 3.05) is 0 Å². The van der Waals surface area contributed by atoms with Gasteiger partial charge in [0, 0.05) is 44.3 Å². The molecule has 0 amide bonds. The third-order valence-corrected chi connectivity index (χ3v) is 22.0. The van der Waals surface area contributed by atoms with Gasteiger partial charge in [0.25, 0.3) is 0 Å². The second-order valence-corrected chi connectivity index (χ2v) is 39.0. The van der Waals surface area contributed by atoms with Crippen LogP contribution in [0.15, 0.2) is 121 Å². The van der Waals surface area contributed by atoms with E-state index in [9.17, 15) is 0 Å². The minimum Gasteiger partial charge on any atom is -0.354 e. The van der Waals surface area contributed by atoms with E-state index >= 15 is 0 Å². The Kier molecular flexibility index (Phi) is 19.0. The summed E-state index contributed by atoms with van der Waals surface area (Å²) in [4.78, 5) is 38.0. The number of H-pyrrole nitrogens is 4. The molecule has 0 atom stereocenters. The van der Waals surface area contributed by atoms with E-state index in [1.165, 1.54) is 44.5 Å². The number of aromatic amines is 4. The molecule has 562 valence electrons. The van der Waals surface area contributed by atoms with Crippen molar-refractivity contribution in [2.24, 2.45) is 0 Å². The lowest BCUT2D eigenvalue weighted by molar-refractivity contribution is 0.568. The molecule has 0 aliphatic carbocycles. The second kappa shape index (κ2) is 27.7. The Balaban J connectivity index is 1.10. The second-order valence-electron chi connectivity index (χ2n) is 39.0. The fourth-order valence-electron chi connectivity index (χ4n) is 14.9. The van der Waals surface area contributed by atoms with Crippen LogP contribution in [0.5, 0.6) is 0 Å². The van der Waals surface area contributed by atoms with Crippen LogP contribution in [0.2, 0.25) is 0 Å². The molecule has 4 aromatic carbocycles. The van der Waals surface area contributed by atoms with Gasteiger partial charge in [-0.1, -0.05) is 251 Å². The summed E-state index contributed by atoms with van der Waals surface area (Å²) in [6, 6.07) is 44.9. The van der Waals surface area contributed by atoms with Crippen LogP contribution in [0.3, 0.4) is 0 Å². The Morgan fingerprint density at radius 2 is 0.393 bits per heavy atom. The van der Waals surface area contributed by atoms with Gasteiger partial charge in [0.1, 0.15) is 0 Å². The van der Waals surface area contributed by atoms with E-state index in [-0.39, 0.29) is 43.3 Å². The highest BCUT2D eigenvalue weighted by Gasteiger charge is 2.30. The smallest absolute Gasteiger partial charge is 0.0815 e. The van der Waals surface area contributed by atoms with Gasteiger partial charge < -0.3 is 19.9 Å². The summed E-state index contributed by atoms with van der Waals surface area (Å²) in [6.45, 7) is 54.6. The molecular formula is C104H106N8. The summed E-state index contributed by atoms with van der Waals surface area (Å²) in [5, 5.41) is 0. The maximum atomic E-state index is 6.61. The predicted molar refractivity (Wildman–Crippen MR) is 479 cm³/mol. The normalized spacial score (nSPS) is 13.2. The van der Waals surface area contributed by atoms with E-state index < -0.39 is 0 Å². The molecule has 6 aromatic heterocycles. The van der Waals surface area contributed by atoms with Crippen LogP contribution >= 0.6 is 0 Å². The Morgan fingerprint density at radius 3 is 0.580 bits per heavy atom. The maximum absolute atomic E-state index is 6.61. The number of hydrogen-bond acceptors (Lipinski definition) is 4. The Bertz CT molecular complexity index is 5680. The van der Waals surface area contributed by atoms with Gasteiger partial charge in [0.15, 0.2) is 0 Å². The van der Waals surface area contributed by atoms with Gasteiger partial charge in [0.2, 0.25) is 0 Å². The number of terminal acetylenes is 2. The lowest BCUT2D eigenvalue weighted by Crippen LogP contribution is -2.16. The van der Waals surface area contributed by atoms with E-state index in [1.54, 1.807) is 0 Å². The molecule has 0 fully saturated rings. The molecule has 14 rings (SSSR count). The molecule has 4 N–H and O–H groups in total. The first-order valence-electron chi connectivity index (χ1n) is 39.3.